The summed E-state index contributed by atoms with van der Waals surface area (Å²) in [4.78, 5) is 14.9. The highest BCUT2D eigenvalue weighted by atomic mass is 16.5. The number of methoxy groups -OCH3 is 1. The number of benzene rings is 1. The molecule has 0 spiro atoms. The maximum absolute atomic E-state index is 12.6. The molecule has 2 fully saturated rings. The standard InChI is InChI=1S/C20H26N4O3/c1-26-16-6-4-15(5-7-16)19(24-8-10-27-11-9-24)13-21-20(25)18-12-17(22-23-18)14-2-3-14/h4-7,12,14,19H,2-3,8-11,13H2,1H3,(H,21,25)(H,22,23). The Kier molecular flexibility index (Phi) is 5.40. The Morgan fingerprint density at radius 3 is 2.74 bits per heavy atom. The molecule has 1 aromatic heterocycles. The summed E-state index contributed by atoms with van der Waals surface area (Å²) >= 11 is 0. The Bertz CT molecular complexity index is 764. The Morgan fingerprint density at radius 2 is 2.07 bits per heavy atom. The van der Waals surface area contributed by atoms with Gasteiger partial charge in [-0.15, -0.1) is 0 Å². The van der Waals surface area contributed by atoms with Crippen molar-refractivity contribution in [3.05, 3.63) is 47.3 Å². The van der Waals surface area contributed by atoms with Crippen molar-refractivity contribution in [1.29, 1.82) is 0 Å². The molecule has 7 heteroatoms. The van der Waals surface area contributed by atoms with E-state index in [9.17, 15) is 4.79 Å². The number of rotatable bonds is 7. The summed E-state index contributed by atoms with van der Waals surface area (Å²) in [5.41, 5.74) is 2.69. The van der Waals surface area contributed by atoms with Gasteiger partial charge in [-0.25, -0.2) is 0 Å². The van der Waals surface area contributed by atoms with Crippen LogP contribution in [0.15, 0.2) is 30.3 Å². The summed E-state index contributed by atoms with van der Waals surface area (Å²) in [5, 5.41) is 10.2. The lowest BCUT2D eigenvalue weighted by atomic mass is 10.0. The molecule has 1 unspecified atom stereocenters. The number of carbonyl (C=O) groups is 1. The molecule has 2 N–H and O–H groups in total. The van der Waals surface area contributed by atoms with E-state index in [1.54, 1.807) is 7.11 Å². The van der Waals surface area contributed by atoms with Gasteiger partial charge in [0, 0.05) is 31.2 Å². The predicted octanol–water partition coefficient (Wildman–Crippen LogP) is 2.10. The fourth-order valence-corrected chi connectivity index (χ4v) is 3.51. The molecule has 1 aliphatic heterocycles. The smallest absolute Gasteiger partial charge is 0.271 e. The van der Waals surface area contributed by atoms with Crippen molar-refractivity contribution in [2.24, 2.45) is 0 Å². The molecular weight excluding hydrogens is 344 g/mol. The lowest BCUT2D eigenvalue weighted by molar-refractivity contribution is 0.0162. The molecule has 1 saturated carbocycles. The SMILES string of the molecule is COc1ccc(C(CNC(=O)c2cc(C3CC3)[nH]n2)N2CCOCC2)cc1. The number of hydrogen-bond donors (Lipinski definition) is 2. The van der Waals surface area contributed by atoms with Gasteiger partial charge in [0.15, 0.2) is 0 Å². The van der Waals surface area contributed by atoms with Gasteiger partial charge in [-0.1, -0.05) is 12.1 Å². The van der Waals surface area contributed by atoms with E-state index in [0.29, 0.717) is 31.4 Å². The zero-order chi connectivity index (χ0) is 18.6. The quantitative estimate of drug-likeness (QED) is 0.780. The summed E-state index contributed by atoms with van der Waals surface area (Å²) < 4.78 is 10.7. The molecule has 4 rings (SSSR count). The fraction of sp³-hybridized carbons (Fsp3) is 0.500. The number of hydrogen-bond acceptors (Lipinski definition) is 5. The summed E-state index contributed by atoms with van der Waals surface area (Å²) in [6.07, 6.45) is 2.36. The van der Waals surface area contributed by atoms with Crippen LogP contribution in [0.5, 0.6) is 5.75 Å². The number of amides is 1. The van der Waals surface area contributed by atoms with E-state index in [2.05, 4.69) is 32.5 Å². The number of H-pyrrole nitrogens is 1. The number of nitrogens with one attached hydrogen (secondary N) is 2. The van der Waals surface area contributed by atoms with Gasteiger partial charge >= 0.3 is 0 Å². The molecule has 144 valence electrons. The minimum Gasteiger partial charge on any atom is -0.497 e. The first-order chi connectivity index (χ1) is 13.2. The highest BCUT2D eigenvalue weighted by molar-refractivity contribution is 5.92. The van der Waals surface area contributed by atoms with Gasteiger partial charge in [-0.2, -0.15) is 5.10 Å². The zero-order valence-corrected chi connectivity index (χ0v) is 15.6. The van der Waals surface area contributed by atoms with Crippen molar-refractivity contribution >= 4 is 5.91 Å². The number of nitrogens with zero attached hydrogens (tertiary/aromatic N) is 2. The molecule has 27 heavy (non-hydrogen) atoms. The van der Waals surface area contributed by atoms with E-state index in [0.717, 1.165) is 30.1 Å². The normalized spacial score (nSPS) is 18.9. The largest absolute Gasteiger partial charge is 0.497 e. The molecule has 1 atom stereocenters. The van der Waals surface area contributed by atoms with Crippen molar-refractivity contribution < 1.29 is 14.3 Å². The van der Waals surface area contributed by atoms with Crippen LogP contribution in [0.1, 0.15) is 46.5 Å². The van der Waals surface area contributed by atoms with Gasteiger partial charge in [-0.05, 0) is 36.6 Å². The van der Waals surface area contributed by atoms with Gasteiger partial charge in [-0.3, -0.25) is 14.8 Å². The predicted molar refractivity (Wildman–Crippen MR) is 101 cm³/mol. The second-order valence-corrected chi connectivity index (χ2v) is 7.13. The van der Waals surface area contributed by atoms with E-state index >= 15 is 0 Å². The molecule has 7 nitrogen and oxygen atoms in total. The Balaban J connectivity index is 1.44. The van der Waals surface area contributed by atoms with E-state index in [1.165, 1.54) is 12.8 Å². The Hall–Kier alpha value is -2.38. The summed E-state index contributed by atoms with van der Waals surface area (Å²) in [7, 11) is 1.66. The van der Waals surface area contributed by atoms with Crippen molar-refractivity contribution in [1.82, 2.24) is 20.4 Å². The molecule has 2 aliphatic rings. The zero-order valence-electron chi connectivity index (χ0n) is 15.6. The molecule has 1 amide bonds. The Morgan fingerprint density at radius 1 is 1.33 bits per heavy atom. The third-order valence-corrected chi connectivity index (χ3v) is 5.29. The van der Waals surface area contributed by atoms with Gasteiger partial charge in [0.25, 0.3) is 5.91 Å². The highest BCUT2D eigenvalue weighted by Crippen LogP contribution is 2.39. The lowest BCUT2D eigenvalue weighted by Crippen LogP contribution is -2.43. The highest BCUT2D eigenvalue weighted by Gasteiger charge is 2.27. The van der Waals surface area contributed by atoms with Gasteiger partial charge in [0.05, 0.1) is 26.4 Å². The molecular formula is C20H26N4O3. The van der Waals surface area contributed by atoms with Crippen LogP contribution in [0, 0.1) is 0 Å². The van der Waals surface area contributed by atoms with Crippen LogP contribution in [0.2, 0.25) is 0 Å². The number of aromatic amines is 1. The first-order valence-electron chi connectivity index (χ1n) is 9.54. The van der Waals surface area contributed by atoms with Crippen LogP contribution >= 0.6 is 0 Å². The first kappa shape index (κ1) is 18.0. The Labute approximate surface area is 159 Å². The molecule has 1 aromatic carbocycles. The van der Waals surface area contributed by atoms with Gasteiger partial charge in [0.2, 0.25) is 0 Å². The van der Waals surface area contributed by atoms with Gasteiger partial charge in [0.1, 0.15) is 11.4 Å². The molecule has 2 aromatic rings. The monoisotopic (exact) mass is 370 g/mol. The van der Waals surface area contributed by atoms with Crippen molar-refractivity contribution in [2.75, 3.05) is 40.0 Å². The van der Waals surface area contributed by atoms with Gasteiger partial charge < -0.3 is 14.8 Å². The first-order valence-corrected chi connectivity index (χ1v) is 9.54. The number of carbonyl (C=O) groups excluding carboxylic acids is 1. The van der Waals surface area contributed by atoms with Crippen LogP contribution in [0.25, 0.3) is 0 Å². The van der Waals surface area contributed by atoms with Crippen LogP contribution in [0.4, 0.5) is 0 Å². The van der Waals surface area contributed by atoms with E-state index in [1.807, 2.05) is 18.2 Å². The second-order valence-electron chi connectivity index (χ2n) is 7.13. The van der Waals surface area contributed by atoms with Crippen LogP contribution in [0.3, 0.4) is 0 Å². The van der Waals surface area contributed by atoms with Crippen LogP contribution in [-0.2, 0) is 4.74 Å². The maximum atomic E-state index is 12.6. The maximum Gasteiger partial charge on any atom is 0.271 e. The minimum absolute atomic E-state index is 0.0885. The topological polar surface area (TPSA) is 79.5 Å². The fourth-order valence-electron chi connectivity index (χ4n) is 3.51. The average molecular weight is 370 g/mol. The van der Waals surface area contributed by atoms with Crippen molar-refractivity contribution in [3.63, 3.8) is 0 Å². The van der Waals surface area contributed by atoms with Crippen molar-refractivity contribution in [2.45, 2.75) is 24.8 Å². The van der Waals surface area contributed by atoms with Crippen molar-refractivity contribution in [3.8, 4) is 5.75 Å². The van der Waals surface area contributed by atoms with Crippen LogP contribution in [-0.4, -0.2) is 61.0 Å². The lowest BCUT2D eigenvalue weighted by Gasteiger charge is -2.35. The third kappa shape index (κ3) is 4.31. The average Bonchev–Trinajstić information content (AvgIpc) is 3.46. The van der Waals surface area contributed by atoms with E-state index < -0.39 is 0 Å². The number of aromatic nitrogens is 2. The summed E-state index contributed by atoms with van der Waals surface area (Å²) in [5.74, 6) is 1.25. The molecule has 1 aliphatic carbocycles. The number of morpholine rings is 1. The minimum atomic E-state index is -0.134. The molecule has 0 bridgehead atoms. The van der Waals surface area contributed by atoms with Crippen LogP contribution < -0.4 is 10.1 Å². The molecule has 0 radical (unpaired) electrons. The van der Waals surface area contributed by atoms with E-state index in [-0.39, 0.29) is 11.9 Å². The third-order valence-electron chi connectivity index (χ3n) is 5.29. The second kappa shape index (κ2) is 8.10. The molecule has 2 heterocycles. The summed E-state index contributed by atoms with van der Waals surface area (Å²) in [6.45, 7) is 3.65. The summed E-state index contributed by atoms with van der Waals surface area (Å²) in [6, 6.07) is 10.0. The van der Waals surface area contributed by atoms with E-state index in [4.69, 9.17) is 9.47 Å². The number of ether oxygens (including phenoxy) is 2. The molecule has 1 saturated heterocycles.